The Morgan fingerprint density at radius 3 is 2.93 bits per heavy atom. The first kappa shape index (κ1) is 19.3. The summed E-state index contributed by atoms with van der Waals surface area (Å²) in [4.78, 5) is 19.7. The largest absolute Gasteiger partial charge is 0.347 e. The summed E-state index contributed by atoms with van der Waals surface area (Å²) in [5.41, 5.74) is 0.303. The van der Waals surface area contributed by atoms with Gasteiger partial charge in [0, 0.05) is 41.7 Å². The molecule has 2 aliphatic heterocycles. The third-order valence-corrected chi connectivity index (χ3v) is 7.51. The first-order chi connectivity index (χ1) is 14.3. The molecule has 0 aromatic carbocycles. The predicted molar refractivity (Wildman–Crippen MR) is 114 cm³/mol. The monoisotopic (exact) mass is 426 g/mol. The molecule has 7 nitrogen and oxygen atoms in total. The molecule has 5 heterocycles. The van der Waals surface area contributed by atoms with E-state index >= 15 is 4.39 Å². The van der Waals surface area contributed by atoms with Crippen LogP contribution in [0.25, 0.3) is 22.0 Å². The Morgan fingerprint density at radius 2 is 2.20 bits per heavy atom. The first-order valence-corrected chi connectivity index (χ1v) is 10.8. The summed E-state index contributed by atoms with van der Waals surface area (Å²) in [6, 6.07) is 1.50. The molecule has 2 N–H and O–H groups in total. The summed E-state index contributed by atoms with van der Waals surface area (Å²) in [6.07, 6.45) is 8.03. The van der Waals surface area contributed by atoms with E-state index in [0.29, 0.717) is 33.4 Å². The SMILES string of the molecule is C=C(c1nnc(-c2c[nH]c(-n3ccnc3)cc2=O)s1)[C@@H]1C[C@@]2(C)CC[C@](C)(N2)[C@H]1F. The van der Waals surface area contributed by atoms with Crippen LogP contribution in [0.4, 0.5) is 4.39 Å². The van der Waals surface area contributed by atoms with Crippen molar-refractivity contribution in [1.29, 1.82) is 0 Å². The van der Waals surface area contributed by atoms with Crippen molar-refractivity contribution < 1.29 is 4.39 Å². The highest BCUT2D eigenvalue weighted by Gasteiger charge is 2.56. The van der Waals surface area contributed by atoms with Crippen LogP contribution in [-0.2, 0) is 0 Å². The van der Waals surface area contributed by atoms with Crippen molar-refractivity contribution in [3.8, 4) is 16.4 Å². The minimum atomic E-state index is -1.04. The topological polar surface area (TPSA) is 88.5 Å². The quantitative estimate of drug-likeness (QED) is 0.668. The second-order valence-electron chi connectivity index (χ2n) is 8.82. The van der Waals surface area contributed by atoms with Crippen molar-refractivity contribution in [2.45, 2.75) is 50.4 Å². The third kappa shape index (κ3) is 3.04. The summed E-state index contributed by atoms with van der Waals surface area (Å²) in [5, 5.41) is 13.0. The number of piperidine rings is 1. The van der Waals surface area contributed by atoms with Crippen LogP contribution in [0.15, 0.2) is 42.4 Å². The maximum atomic E-state index is 15.4. The summed E-state index contributed by atoms with van der Waals surface area (Å²) in [6.45, 7) is 8.28. The zero-order chi connectivity index (χ0) is 21.1. The number of allylic oxidation sites excluding steroid dienone is 1. The lowest BCUT2D eigenvalue weighted by molar-refractivity contribution is 0.0771. The zero-order valence-electron chi connectivity index (χ0n) is 16.9. The van der Waals surface area contributed by atoms with Crippen molar-refractivity contribution in [2.75, 3.05) is 0 Å². The van der Waals surface area contributed by atoms with Crippen LogP contribution in [0.2, 0.25) is 0 Å². The third-order valence-electron chi connectivity index (χ3n) is 6.47. The molecular formula is C21H23FN6OS. The van der Waals surface area contributed by atoms with Gasteiger partial charge in [0.15, 0.2) is 10.4 Å². The number of alkyl halides is 1. The molecule has 0 saturated carbocycles. The van der Waals surface area contributed by atoms with Gasteiger partial charge >= 0.3 is 0 Å². The fourth-order valence-corrected chi connectivity index (χ4v) is 5.74. The molecule has 0 spiro atoms. The normalized spacial score (nSPS) is 30.5. The fraction of sp³-hybridized carbons (Fsp3) is 0.429. The maximum Gasteiger partial charge on any atom is 0.194 e. The van der Waals surface area contributed by atoms with Crippen LogP contribution in [-0.4, -0.2) is 42.0 Å². The van der Waals surface area contributed by atoms with Crippen LogP contribution in [0, 0.1) is 5.92 Å². The minimum Gasteiger partial charge on any atom is -0.347 e. The molecule has 30 heavy (non-hydrogen) atoms. The number of halogens is 1. The number of nitrogens with zero attached hydrogens (tertiary/aromatic N) is 4. The van der Waals surface area contributed by atoms with E-state index in [1.165, 1.54) is 17.4 Å². The summed E-state index contributed by atoms with van der Waals surface area (Å²) in [5.74, 6) is 0.300. The second-order valence-corrected chi connectivity index (χ2v) is 9.80. The van der Waals surface area contributed by atoms with E-state index in [4.69, 9.17) is 0 Å². The Bertz CT molecular complexity index is 1170. The molecule has 5 rings (SSSR count). The summed E-state index contributed by atoms with van der Waals surface area (Å²) in [7, 11) is 0. The van der Waals surface area contributed by atoms with E-state index in [0.717, 1.165) is 12.8 Å². The zero-order valence-corrected chi connectivity index (χ0v) is 17.7. The van der Waals surface area contributed by atoms with Crippen molar-refractivity contribution in [2.24, 2.45) is 5.92 Å². The Balaban J connectivity index is 1.42. The van der Waals surface area contributed by atoms with E-state index in [9.17, 15) is 4.79 Å². The van der Waals surface area contributed by atoms with E-state index in [-0.39, 0.29) is 16.9 Å². The van der Waals surface area contributed by atoms with Gasteiger partial charge < -0.3 is 10.3 Å². The van der Waals surface area contributed by atoms with Gasteiger partial charge in [0.1, 0.15) is 23.3 Å². The Hall–Kier alpha value is -2.65. The number of imidazole rings is 1. The van der Waals surface area contributed by atoms with Crippen molar-refractivity contribution in [3.63, 3.8) is 0 Å². The Kier molecular flexibility index (Phi) is 4.30. The highest BCUT2D eigenvalue weighted by Crippen LogP contribution is 2.50. The number of nitrogens with one attached hydrogen (secondary N) is 2. The number of aromatic amines is 1. The van der Waals surface area contributed by atoms with Gasteiger partial charge in [0.25, 0.3) is 0 Å². The van der Waals surface area contributed by atoms with E-state index < -0.39 is 11.7 Å². The van der Waals surface area contributed by atoms with Crippen LogP contribution < -0.4 is 10.7 Å². The average molecular weight is 427 g/mol. The molecule has 4 atom stereocenters. The van der Waals surface area contributed by atoms with E-state index in [2.05, 4.69) is 39.0 Å². The fourth-order valence-electron chi connectivity index (χ4n) is 4.84. The van der Waals surface area contributed by atoms with Gasteiger partial charge in [0.05, 0.1) is 5.56 Å². The lowest BCUT2D eigenvalue weighted by atomic mass is 9.75. The van der Waals surface area contributed by atoms with Crippen LogP contribution in [0.1, 0.15) is 38.1 Å². The number of aromatic nitrogens is 5. The minimum absolute atomic E-state index is 0.0846. The number of hydrogen-bond donors (Lipinski definition) is 2. The molecular weight excluding hydrogens is 403 g/mol. The van der Waals surface area contributed by atoms with Gasteiger partial charge in [-0.15, -0.1) is 10.2 Å². The molecule has 0 amide bonds. The molecule has 9 heteroatoms. The van der Waals surface area contributed by atoms with Gasteiger partial charge in [-0.2, -0.15) is 0 Å². The molecule has 2 bridgehead atoms. The predicted octanol–water partition coefficient (Wildman–Crippen LogP) is 3.35. The smallest absolute Gasteiger partial charge is 0.194 e. The van der Waals surface area contributed by atoms with Crippen LogP contribution in [0.3, 0.4) is 0 Å². The van der Waals surface area contributed by atoms with Crippen molar-refractivity contribution in [1.82, 2.24) is 30.0 Å². The average Bonchev–Trinajstić information content (AvgIpc) is 3.45. The Labute approximate surface area is 177 Å². The number of hydrogen-bond acceptors (Lipinski definition) is 6. The lowest BCUT2D eigenvalue weighted by Gasteiger charge is -2.45. The molecule has 3 aromatic heterocycles. The summed E-state index contributed by atoms with van der Waals surface area (Å²) < 4.78 is 17.1. The first-order valence-electron chi connectivity index (χ1n) is 9.96. The molecule has 3 aromatic rings. The Morgan fingerprint density at radius 1 is 1.37 bits per heavy atom. The number of H-pyrrole nitrogens is 1. The van der Waals surface area contributed by atoms with Crippen LogP contribution >= 0.6 is 11.3 Å². The highest BCUT2D eigenvalue weighted by molar-refractivity contribution is 7.15. The van der Waals surface area contributed by atoms with Crippen molar-refractivity contribution >= 4 is 16.9 Å². The molecule has 156 valence electrons. The molecule has 0 aliphatic carbocycles. The molecule has 2 fully saturated rings. The molecule has 2 saturated heterocycles. The molecule has 2 aliphatic rings. The van der Waals surface area contributed by atoms with Crippen molar-refractivity contribution in [3.05, 3.63) is 52.8 Å². The maximum absolute atomic E-state index is 15.4. The summed E-state index contributed by atoms with van der Waals surface area (Å²) >= 11 is 1.28. The van der Waals surface area contributed by atoms with Gasteiger partial charge in [-0.1, -0.05) is 17.9 Å². The van der Waals surface area contributed by atoms with E-state index in [1.807, 2.05) is 6.92 Å². The van der Waals surface area contributed by atoms with Gasteiger partial charge in [-0.25, -0.2) is 9.37 Å². The van der Waals surface area contributed by atoms with E-state index in [1.54, 1.807) is 29.5 Å². The second kappa shape index (κ2) is 6.68. The highest BCUT2D eigenvalue weighted by atomic mass is 32.1. The standard InChI is InChI=1S/C21H23FN6OS/c1-12(13-9-20(2)4-5-21(3,27-20)17(13)22)18-25-26-19(30-18)14-10-24-16(8-15(14)29)28-7-6-23-11-28/h6-8,10-11,13,17,27H,1,4-5,9H2,2-3H3,(H,24,29)/t13-,17-,20+,21-/m0/s1. The van der Waals surface area contributed by atoms with Gasteiger partial charge in [-0.05, 0) is 38.7 Å². The van der Waals surface area contributed by atoms with Gasteiger partial charge in [0.2, 0.25) is 0 Å². The number of pyridine rings is 1. The molecule has 0 unspecified atom stereocenters. The number of rotatable bonds is 4. The van der Waals surface area contributed by atoms with Crippen LogP contribution in [0.5, 0.6) is 0 Å². The van der Waals surface area contributed by atoms with Gasteiger partial charge in [-0.3, -0.25) is 9.36 Å². The number of fused-ring (bicyclic) bond motifs is 2. The lowest BCUT2D eigenvalue weighted by Crippen LogP contribution is -2.60. The molecule has 0 radical (unpaired) electrons.